The molecule has 1 fully saturated rings. The lowest BCUT2D eigenvalue weighted by atomic mass is 9.82. The Bertz CT molecular complexity index is 1710. The maximum atomic E-state index is 5.89. The number of aryl methyl sites for hydroxylation is 2. The Labute approximate surface area is 250 Å². The number of nitrogens with one attached hydrogen (secondary N) is 2. The number of hydrogen-bond donors (Lipinski definition) is 2. The van der Waals surface area contributed by atoms with Gasteiger partial charge < -0.3 is 19.3 Å². The van der Waals surface area contributed by atoms with E-state index in [4.69, 9.17) is 9.31 Å². The van der Waals surface area contributed by atoms with Crippen LogP contribution in [0.4, 0.5) is 0 Å². The van der Waals surface area contributed by atoms with Gasteiger partial charge in [0, 0.05) is 71.6 Å². The fourth-order valence-corrected chi connectivity index (χ4v) is 4.72. The standard InChI is InChI=1S/C12H11N3.C10H17BN2O2.C8H6BrN.CH4/c1-15-8-11(7-14-15)10-3-2-9-4-5-13-12(9)6-10;1-9(2)10(3,4)15-11(14-9)8-6-12-13(5)7-8;9-7-2-1-6-3-4-10-8(6)5-7;/h2-8,13H,1H3;6-7H,1-5H3;1-5,10H;1H4. The number of rotatable bonds is 2. The minimum absolute atomic E-state index is 0. The number of aromatic amines is 2. The number of benzene rings is 2. The molecular formula is C31H38BBrN6O2. The van der Waals surface area contributed by atoms with Crippen molar-refractivity contribution in [2.45, 2.75) is 46.3 Å². The molecule has 0 saturated carbocycles. The molecule has 1 aliphatic rings. The Balaban J connectivity index is 0.000000143. The summed E-state index contributed by atoms with van der Waals surface area (Å²) in [7, 11) is 3.51. The smallest absolute Gasteiger partial charge is 0.399 e. The van der Waals surface area contributed by atoms with E-state index in [0.29, 0.717) is 0 Å². The lowest BCUT2D eigenvalue weighted by molar-refractivity contribution is 0.00578. The minimum atomic E-state index is -0.302. The van der Waals surface area contributed by atoms with E-state index >= 15 is 0 Å². The van der Waals surface area contributed by atoms with Crippen LogP contribution in [0.15, 0.2) is 90.2 Å². The van der Waals surface area contributed by atoms with Gasteiger partial charge in [-0.25, -0.2) is 0 Å². The van der Waals surface area contributed by atoms with E-state index < -0.39 is 0 Å². The molecule has 1 aliphatic heterocycles. The normalized spacial score (nSPS) is 15.1. The zero-order chi connectivity index (χ0) is 28.5. The van der Waals surface area contributed by atoms with Crippen molar-refractivity contribution in [1.29, 1.82) is 0 Å². The summed E-state index contributed by atoms with van der Waals surface area (Å²) in [6, 6.07) is 16.7. The zero-order valence-electron chi connectivity index (χ0n) is 23.6. The molecule has 2 aromatic carbocycles. The van der Waals surface area contributed by atoms with Gasteiger partial charge in [0.1, 0.15) is 0 Å². The number of hydrogen-bond acceptors (Lipinski definition) is 4. The molecule has 2 N–H and O–H groups in total. The maximum Gasteiger partial charge on any atom is 0.498 e. The van der Waals surface area contributed by atoms with Crippen LogP contribution in [0, 0.1) is 0 Å². The van der Waals surface area contributed by atoms with Gasteiger partial charge in [-0.3, -0.25) is 9.36 Å². The Hall–Kier alpha value is -3.60. The second-order valence-corrected chi connectivity index (χ2v) is 11.8. The molecule has 41 heavy (non-hydrogen) atoms. The van der Waals surface area contributed by atoms with Gasteiger partial charge in [-0.1, -0.05) is 41.6 Å². The van der Waals surface area contributed by atoms with Crippen LogP contribution >= 0.6 is 15.9 Å². The summed E-state index contributed by atoms with van der Waals surface area (Å²) < 4.78 is 16.5. The van der Waals surface area contributed by atoms with E-state index in [1.807, 2.05) is 83.5 Å². The summed E-state index contributed by atoms with van der Waals surface area (Å²) in [5.41, 5.74) is 5.08. The monoisotopic (exact) mass is 616 g/mol. The summed E-state index contributed by atoms with van der Waals surface area (Å²) in [5.74, 6) is 0. The molecule has 0 bridgehead atoms. The molecule has 0 unspecified atom stereocenters. The Morgan fingerprint density at radius 2 is 1.29 bits per heavy atom. The van der Waals surface area contributed by atoms with Crippen molar-refractivity contribution in [2.75, 3.05) is 0 Å². The van der Waals surface area contributed by atoms with Crippen LogP contribution in [0.2, 0.25) is 0 Å². The number of aromatic nitrogens is 6. The lowest BCUT2D eigenvalue weighted by Crippen LogP contribution is -2.41. The van der Waals surface area contributed by atoms with Crippen LogP contribution in [-0.4, -0.2) is 47.8 Å². The van der Waals surface area contributed by atoms with Gasteiger partial charge in [0.05, 0.1) is 17.4 Å². The van der Waals surface area contributed by atoms with Gasteiger partial charge in [0.25, 0.3) is 0 Å². The molecule has 10 heteroatoms. The number of H-pyrrole nitrogens is 2. The molecule has 7 rings (SSSR count). The Morgan fingerprint density at radius 3 is 1.85 bits per heavy atom. The molecule has 5 heterocycles. The van der Waals surface area contributed by atoms with Crippen LogP contribution in [0.25, 0.3) is 32.9 Å². The van der Waals surface area contributed by atoms with E-state index in [-0.39, 0.29) is 25.7 Å². The SMILES string of the molecule is Brc1ccc2cc[nH]c2c1.C.Cn1cc(-c2ccc3cc[nH]c3c2)cn1.Cn1cc(B2OC(C)(C)C(C)(C)O2)cn1. The number of nitrogens with zero attached hydrogens (tertiary/aromatic N) is 4. The number of halogens is 1. The highest BCUT2D eigenvalue weighted by Gasteiger charge is 2.52. The highest BCUT2D eigenvalue weighted by molar-refractivity contribution is 9.10. The fourth-order valence-electron chi connectivity index (χ4n) is 4.36. The van der Waals surface area contributed by atoms with E-state index in [0.717, 1.165) is 21.0 Å². The highest BCUT2D eigenvalue weighted by atomic mass is 79.9. The van der Waals surface area contributed by atoms with E-state index in [1.165, 1.54) is 21.9 Å². The van der Waals surface area contributed by atoms with Gasteiger partial charge in [-0.15, -0.1) is 0 Å². The van der Waals surface area contributed by atoms with Crippen LogP contribution in [0.5, 0.6) is 0 Å². The van der Waals surface area contributed by atoms with Crippen molar-refractivity contribution in [1.82, 2.24) is 29.5 Å². The predicted molar refractivity (Wildman–Crippen MR) is 172 cm³/mol. The Morgan fingerprint density at radius 1 is 0.732 bits per heavy atom. The molecule has 0 radical (unpaired) electrons. The number of fused-ring (bicyclic) bond motifs is 2. The Kier molecular flexibility index (Phi) is 8.96. The summed E-state index contributed by atoms with van der Waals surface area (Å²) >= 11 is 3.40. The first-order valence-electron chi connectivity index (χ1n) is 13.1. The third kappa shape index (κ3) is 6.83. The van der Waals surface area contributed by atoms with Gasteiger partial charge in [0.2, 0.25) is 0 Å². The average molecular weight is 617 g/mol. The minimum Gasteiger partial charge on any atom is -0.399 e. The largest absolute Gasteiger partial charge is 0.498 e. The highest BCUT2D eigenvalue weighted by Crippen LogP contribution is 2.36. The van der Waals surface area contributed by atoms with E-state index in [2.05, 4.69) is 78.6 Å². The van der Waals surface area contributed by atoms with Crippen LogP contribution in [0.1, 0.15) is 35.1 Å². The van der Waals surface area contributed by atoms with Crippen molar-refractivity contribution in [3.8, 4) is 11.1 Å². The molecule has 0 amide bonds. The molecule has 6 aromatic rings. The molecule has 1 saturated heterocycles. The van der Waals surface area contributed by atoms with E-state index in [1.54, 1.807) is 10.9 Å². The molecular weight excluding hydrogens is 579 g/mol. The summed E-state index contributed by atoms with van der Waals surface area (Å²) in [6.07, 6.45) is 11.5. The molecule has 8 nitrogen and oxygen atoms in total. The first kappa shape index (κ1) is 30.4. The van der Waals surface area contributed by atoms with Crippen molar-refractivity contribution in [3.05, 3.63) is 90.2 Å². The quantitative estimate of drug-likeness (QED) is 0.208. The van der Waals surface area contributed by atoms with Gasteiger partial charge in [-0.2, -0.15) is 10.2 Å². The molecule has 4 aromatic heterocycles. The first-order valence-corrected chi connectivity index (χ1v) is 13.9. The van der Waals surface area contributed by atoms with Gasteiger partial charge >= 0.3 is 7.12 Å². The summed E-state index contributed by atoms with van der Waals surface area (Å²) in [5, 5.41) is 10.8. The topological polar surface area (TPSA) is 85.7 Å². The van der Waals surface area contributed by atoms with Crippen molar-refractivity contribution in [2.24, 2.45) is 14.1 Å². The summed E-state index contributed by atoms with van der Waals surface area (Å²) in [6.45, 7) is 8.18. The lowest BCUT2D eigenvalue weighted by Gasteiger charge is -2.32. The second kappa shape index (κ2) is 12.1. The molecule has 214 valence electrons. The third-order valence-electron chi connectivity index (χ3n) is 7.36. The maximum absolute atomic E-state index is 5.89. The van der Waals surface area contributed by atoms with Crippen LogP contribution < -0.4 is 5.46 Å². The van der Waals surface area contributed by atoms with Gasteiger partial charge in [-0.05, 0) is 74.4 Å². The predicted octanol–water partition coefficient (Wildman–Crippen LogP) is 6.85. The van der Waals surface area contributed by atoms with Crippen LogP contribution in [-0.2, 0) is 23.4 Å². The fraction of sp³-hybridized carbons (Fsp3) is 0.290. The summed E-state index contributed by atoms with van der Waals surface area (Å²) in [4.78, 5) is 6.34. The zero-order valence-corrected chi connectivity index (χ0v) is 25.2. The third-order valence-corrected chi connectivity index (χ3v) is 7.85. The molecule has 0 spiro atoms. The second-order valence-electron chi connectivity index (χ2n) is 10.9. The average Bonchev–Trinajstić information content (AvgIpc) is 3.72. The molecule has 0 aliphatic carbocycles. The van der Waals surface area contributed by atoms with Crippen molar-refractivity contribution >= 4 is 50.3 Å². The van der Waals surface area contributed by atoms with Crippen LogP contribution in [0.3, 0.4) is 0 Å². The first-order chi connectivity index (χ1) is 19.0. The van der Waals surface area contributed by atoms with Gasteiger partial charge in [0.15, 0.2) is 0 Å². The van der Waals surface area contributed by atoms with Crippen molar-refractivity contribution < 1.29 is 9.31 Å². The van der Waals surface area contributed by atoms with Crippen molar-refractivity contribution in [3.63, 3.8) is 0 Å². The molecule has 0 atom stereocenters. The van der Waals surface area contributed by atoms with E-state index in [9.17, 15) is 0 Å².